The van der Waals surface area contributed by atoms with Crippen LogP contribution in [0.15, 0.2) is 73.1 Å². The van der Waals surface area contributed by atoms with Crippen molar-refractivity contribution in [1.82, 2.24) is 9.88 Å². The standard InChI is InChI=1S/C28H26Cl2FN3O/c29-22-7-5-19(6-8-22)3-1-13-33-14-2-4-21(17-33)25-18-34(26-10-9-23(31)16-24(25)26)28(35)20-11-12-32-27(30)15-20/h1,5-13,15-16,21,25H,2-4,14,17-18H2/b13-1+. The second-order valence-electron chi connectivity index (χ2n) is 9.21. The Morgan fingerprint density at radius 3 is 2.71 bits per heavy atom. The lowest BCUT2D eigenvalue weighted by Crippen LogP contribution is -2.37. The monoisotopic (exact) mass is 509 g/mol. The van der Waals surface area contributed by atoms with E-state index in [1.807, 2.05) is 24.3 Å². The molecule has 2 aromatic carbocycles. The molecule has 2 aliphatic rings. The molecule has 35 heavy (non-hydrogen) atoms. The van der Waals surface area contributed by atoms with Crippen LogP contribution in [0.2, 0.25) is 10.2 Å². The molecule has 5 rings (SSSR count). The molecule has 2 atom stereocenters. The number of rotatable bonds is 5. The summed E-state index contributed by atoms with van der Waals surface area (Å²) < 4.78 is 14.3. The maximum Gasteiger partial charge on any atom is 0.258 e. The highest BCUT2D eigenvalue weighted by Crippen LogP contribution is 2.44. The summed E-state index contributed by atoms with van der Waals surface area (Å²) in [6.07, 6.45) is 8.83. The van der Waals surface area contributed by atoms with E-state index in [-0.39, 0.29) is 22.8 Å². The van der Waals surface area contributed by atoms with Gasteiger partial charge in [0.1, 0.15) is 11.0 Å². The van der Waals surface area contributed by atoms with Crippen LogP contribution in [-0.4, -0.2) is 35.4 Å². The number of amides is 1. The first-order valence-corrected chi connectivity index (χ1v) is 12.6. The number of hydrogen-bond acceptors (Lipinski definition) is 3. The Labute approximate surface area is 215 Å². The topological polar surface area (TPSA) is 36.4 Å². The van der Waals surface area contributed by atoms with Crippen LogP contribution in [0.5, 0.6) is 0 Å². The molecule has 180 valence electrons. The molecule has 3 aromatic rings. The minimum absolute atomic E-state index is 0.0782. The van der Waals surface area contributed by atoms with Crippen molar-refractivity contribution in [1.29, 1.82) is 0 Å². The largest absolute Gasteiger partial charge is 0.377 e. The fraction of sp³-hybridized carbons (Fsp3) is 0.286. The van der Waals surface area contributed by atoms with Gasteiger partial charge in [-0.3, -0.25) is 4.79 Å². The summed E-state index contributed by atoms with van der Waals surface area (Å²) in [5, 5.41) is 1.02. The van der Waals surface area contributed by atoms with Crippen molar-refractivity contribution in [3.63, 3.8) is 0 Å². The van der Waals surface area contributed by atoms with E-state index in [0.29, 0.717) is 18.0 Å². The molecule has 1 saturated heterocycles. The highest BCUT2D eigenvalue weighted by molar-refractivity contribution is 6.30. The predicted molar refractivity (Wildman–Crippen MR) is 139 cm³/mol. The second-order valence-corrected chi connectivity index (χ2v) is 10.0. The molecular weight excluding hydrogens is 484 g/mol. The number of piperidine rings is 1. The summed E-state index contributed by atoms with van der Waals surface area (Å²) in [7, 11) is 0. The van der Waals surface area contributed by atoms with Crippen molar-refractivity contribution >= 4 is 34.8 Å². The molecule has 1 fully saturated rings. The normalized spacial score (nSPS) is 19.9. The van der Waals surface area contributed by atoms with Crippen molar-refractivity contribution in [2.24, 2.45) is 5.92 Å². The first-order valence-electron chi connectivity index (χ1n) is 11.9. The lowest BCUT2D eigenvalue weighted by molar-refractivity contribution is 0.0985. The van der Waals surface area contributed by atoms with Crippen LogP contribution in [0.25, 0.3) is 0 Å². The van der Waals surface area contributed by atoms with Crippen LogP contribution in [0.4, 0.5) is 10.1 Å². The lowest BCUT2D eigenvalue weighted by atomic mass is 9.82. The summed E-state index contributed by atoms with van der Waals surface area (Å²) in [5.74, 6) is -0.0107. The first kappa shape index (κ1) is 23.8. The van der Waals surface area contributed by atoms with E-state index in [1.54, 1.807) is 29.2 Å². The van der Waals surface area contributed by atoms with Gasteiger partial charge in [0, 0.05) is 48.0 Å². The Kier molecular flexibility index (Phi) is 7.07. The number of fused-ring (bicyclic) bond motifs is 1. The number of anilines is 1. The number of carbonyl (C=O) groups excluding carboxylic acids is 1. The number of nitrogens with zero attached hydrogens (tertiary/aromatic N) is 3. The minimum Gasteiger partial charge on any atom is -0.377 e. The minimum atomic E-state index is -0.273. The third-order valence-electron chi connectivity index (χ3n) is 6.92. The fourth-order valence-corrected chi connectivity index (χ4v) is 5.51. The maximum atomic E-state index is 14.3. The highest BCUT2D eigenvalue weighted by atomic mass is 35.5. The van der Waals surface area contributed by atoms with Crippen molar-refractivity contribution in [2.75, 3.05) is 24.5 Å². The molecule has 0 N–H and O–H groups in total. The lowest BCUT2D eigenvalue weighted by Gasteiger charge is -2.35. The van der Waals surface area contributed by atoms with Gasteiger partial charge in [-0.05, 0) is 85.0 Å². The third-order valence-corrected chi connectivity index (χ3v) is 7.38. The Bertz CT molecular complexity index is 1250. The molecule has 0 aliphatic carbocycles. The Morgan fingerprint density at radius 1 is 1.09 bits per heavy atom. The smallest absolute Gasteiger partial charge is 0.258 e. The summed E-state index contributed by atoms with van der Waals surface area (Å²) in [6.45, 7) is 2.40. The molecule has 0 spiro atoms. The molecule has 3 heterocycles. The number of benzene rings is 2. The van der Waals surface area contributed by atoms with Gasteiger partial charge in [0.25, 0.3) is 5.91 Å². The number of likely N-dealkylation sites (tertiary alicyclic amines) is 1. The molecule has 0 saturated carbocycles. The van der Waals surface area contributed by atoms with Gasteiger partial charge in [-0.15, -0.1) is 0 Å². The van der Waals surface area contributed by atoms with Gasteiger partial charge in [-0.2, -0.15) is 0 Å². The molecule has 2 aliphatic heterocycles. The fourth-order valence-electron chi connectivity index (χ4n) is 5.21. The molecular formula is C28H26Cl2FN3O. The average Bonchev–Trinajstić information content (AvgIpc) is 3.23. The van der Waals surface area contributed by atoms with Crippen LogP contribution < -0.4 is 4.90 Å². The second kappa shape index (κ2) is 10.4. The number of carbonyl (C=O) groups is 1. The van der Waals surface area contributed by atoms with Gasteiger partial charge >= 0.3 is 0 Å². The van der Waals surface area contributed by atoms with Crippen LogP contribution in [0.1, 0.15) is 40.2 Å². The average molecular weight is 510 g/mol. The van der Waals surface area contributed by atoms with Gasteiger partial charge in [0.15, 0.2) is 0 Å². The van der Waals surface area contributed by atoms with E-state index in [2.05, 4.69) is 22.2 Å². The molecule has 4 nitrogen and oxygen atoms in total. The quantitative estimate of drug-likeness (QED) is 0.357. The van der Waals surface area contributed by atoms with Gasteiger partial charge in [-0.25, -0.2) is 9.37 Å². The molecule has 0 bridgehead atoms. The van der Waals surface area contributed by atoms with E-state index in [0.717, 1.165) is 48.6 Å². The van der Waals surface area contributed by atoms with Crippen molar-refractivity contribution in [3.8, 4) is 0 Å². The van der Waals surface area contributed by atoms with Crippen molar-refractivity contribution in [2.45, 2.75) is 25.2 Å². The number of allylic oxidation sites excluding steroid dienone is 1. The number of pyridine rings is 1. The van der Waals surface area contributed by atoms with Gasteiger partial charge in [-0.1, -0.05) is 41.4 Å². The molecule has 1 amide bonds. The summed E-state index contributed by atoms with van der Waals surface area (Å²) in [5.41, 5.74) is 3.39. The third kappa shape index (κ3) is 5.36. The van der Waals surface area contributed by atoms with Gasteiger partial charge < -0.3 is 9.80 Å². The number of hydrogen-bond donors (Lipinski definition) is 0. The molecule has 0 radical (unpaired) electrons. The first-order chi connectivity index (χ1) is 17.0. The van der Waals surface area contributed by atoms with Crippen molar-refractivity contribution < 1.29 is 9.18 Å². The summed E-state index contributed by atoms with van der Waals surface area (Å²) >= 11 is 12.0. The Hall–Kier alpha value is -2.89. The van der Waals surface area contributed by atoms with E-state index in [1.165, 1.54) is 17.8 Å². The van der Waals surface area contributed by atoms with E-state index >= 15 is 0 Å². The molecule has 7 heteroatoms. The highest BCUT2D eigenvalue weighted by Gasteiger charge is 2.38. The zero-order valence-electron chi connectivity index (χ0n) is 19.2. The van der Waals surface area contributed by atoms with Crippen molar-refractivity contribution in [3.05, 3.63) is 106 Å². The SMILES string of the molecule is O=C(c1ccnc(Cl)c1)N1CC(C2CCCN(/C=C/Cc3ccc(Cl)cc3)C2)c2cc(F)ccc21. The van der Waals surface area contributed by atoms with Crippen LogP contribution in [-0.2, 0) is 6.42 Å². The van der Waals surface area contributed by atoms with Gasteiger partial charge in [0.05, 0.1) is 0 Å². The summed E-state index contributed by atoms with van der Waals surface area (Å²) in [6, 6.07) is 15.9. The van der Waals surface area contributed by atoms with Crippen LogP contribution in [0, 0.1) is 11.7 Å². The summed E-state index contributed by atoms with van der Waals surface area (Å²) in [4.78, 5) is 21.4. The van der Waals surface area contributed by atoms with E-state index in [9.17, 15) is 9.18 Å². The molecule has 2 unspecified atom stereocenters. The zero-order valence-corrected chi connectivity index (χ0v) is 20.7. The maximum absolute atomic E-state index is 14.3. The number of halogens is 3. The van der Waals surface area contributed by atoms with E-state index in [4.69, 9.17) is 23.2 Å². The number of aromatic nitrogens is 1. The molecule has 1 aromatic heterocycles. The zero-order chi connectivity index (χ0) is 24.4. The van der Waals surface area contributed by atoms with E-state index < -0.39 is 0 Å². The van der Waals surface area contributed by atoms with Crippen LogP contribution in [0.3, 0.4) is 0 Å². The van der Waals surface area contributed by atoms with Crippen LogP contribution >= 0.6 is 23.2 Å². The van der Waals surface area contributed by atoms with Gasteiger partial charge in [0.2, 0.25) is 0 Å². The predicted octanol–water partition coefficient (Wildman–Crippen LogP) is 6.74. The Morgan fingerprint density at radius 2 is 1.91 bits per heavy atom. The Balaban J connectivity index is 1.32.